The Morgan fingerprint density at radius 3 is 2.69 bits per heavy atom. The molecule has 0 saturated carbocycles. The zero-order valence-corrected chi connectivity index (χ0v) is 14.8. The van der Waals surface area contributed by atoms with E-state index in [4.69, 9.17) is 9.47 Å². The molecule has 0 aromatic heterocycles. The van der Waals surface area contributed by atoms with Crippen molar-refractivity contribution >= 4 is 17.5 Å². The molecule has 1 heterocycles. The second-order valence-corrected chi connectivity index (χ2v) is 6.07. The Hall–Kier alpha value is -3.02. The predicted octanol–water partition coefficient (Wildman–Crippen LogP) is 2.34. The summed E-state index contributed by atoms with van der Waals surface area (Å²) in [5.41, 5.74) is 0.637. The van der Waals surface area contributed by atoms with Crippen LogP contribution in [0.1, 0.15) is 6.42 Å². The molecule has 6 heteroatoms. The topological polar surface area (TPSA) is 59.1 Å². The largest absolute Gasteiger partial charge is 0.494 e. The van der Waals surface area contributed by atoms with Crippen LogP contribution in [-0.2, 0) is 9.59 Å². The maximum Gasteiger partial charge on any atom is 0.265 e. The number of nitrogens with zero attached hydrogens (tertiary/aromatic N) is 2. The average Bonchev–Trinajstić information content (AvgIpc) is 2.68. The third-order valence-corrected chi connectivity index (χ3v) is 4.18. The van der Waals surface area contributed by atoms with Crippen molar-refractivity contribution in [2.75, 3.05) is 38.3 Å². The highest BCUT2D eigenvalue weighted by Crippen LogP contribution is 2.31. The lowest BCUT2D eigenvalue weighted by atomic mass is 10.2. The molecule has 2 amide bonds. The molecule has 0 radical (unpaired) electrons. The first-order chi connectivity index (χ1) is 12.6. The van der Waals surface area contributed by atoms with Gasteiger partial charge in [-0.25, -0.2) is 0 Å². The number of carbonyl (C=O) groups is 2. The number of amides is 2. The normalized spacial score (nSPS) is 13.0. The first kappa shape index (κ1) is 17.8. The summed E-state index contributed by atoms with van der Waals surface area (Å²) in [6, 6.07) is 16.8. The Labute approximate surface area is 152 Å². The molecule has 0 unspecified atom stereocenters. The Kier molecular flexibility index (Phi) is 5.73. The standard InChI is InChI=1S/C20H22N2O4/c1-21(12-7-13-25-16-8-3-2-4-9-16)19(23)14-22-17-10-5-6-11-18(17)26-15-20(22)24/h2-6,8-11H,7,12-15H2,1H3. The van der Waals surface area contributed by atoms with Crippen molar-refractivity contribution in [1.29, 1.82) is 0 Å². The second kappa shape index (κ2) is 8.38. The van der Waals surface area contributed by atoms with E-state index in [1.807, 2.05) is 42.5 Å². The molecule has 0 spiro atoms. The molecule has 1 aliphatic heterocycles. The summed E-state index contributed by atoms with van der Waals surface area (Å²) in [6.45, 7) is 1.06. The predicted molar refractivity (Wildman–Crippen MR) is 98.5 cm³/mol. The highest BCUT2D eigenvalue weighted by Gasteiger charge is 2.27. The Balaban J connectivity index is 1.49. The summed E-state index contributed by atoms with van der Waals surface area (Å²) in [6.07, 6.45) is 0.713. The second-order valence-electron chi connectivity index (χ2n) is 6.07. The first-order valence-electron chi connectivity index (χ1n) is 8.59. The van der Waals surface area contributed by atoms with Crippen LogP contribution in [0, 0.1) is 0 Å². The smallest absolute Gasteiger partial charge is 0.265 e. The first-order valence-corrected chi connectivity index (χ1v) is 8.59. The minimum absolute atomic E-state index is 0.00918. The van der Waals surface area contributed by atoms with Crippen molar-refractivity contribution in [3.63, 3.8) is 0 Å². The van der Waals surface area contributed by atoms with E-state index in [0.29, 0.717) is 31.0 Å². The Bertz CT molecular complexity index is 763. The molecule has 26 heavy (non-hydrogen) atoms. The summed E-state index contributed by atoms with van der Waals surface area (Å²) in [4.78, 5) is 27.7. The lowest BCUT2D eigenvalue weighted by Gasteiger charge is -2.30. The maximum atomic E-state index is 12.5. The molecule has 3 rings (SSSR count). The van der Waals surface area contributed by atoms with Gasteiger partial charge in [0, 0.05) is 13.6 Å². The SMILES string of the molecule is CN(CCCOc1ccccc1)C(=O)CN1C(=O)COc2ccccc21. The van der Waals surface area contributed by atoms with E-state index in [0.717, 1.165) is 5.75 Å². The van der Waals surface area contributed by atoms with Crippen LogP contribution >= 0.6 is 0 Å². The monoisotopic (exact) mass is 354 g/mol. The zero-order chi connectivity index (χ0) is 18.4. The van der Waals surface area contributed by atoms with Gasteiger partial charge in [0.15, 0.2) is 6.61 Å². The summed E-state index contributed by atoms with van der Waals surface area (Å²) in [5, 5.41) is 0. The Morgan fingerprint density at radius 2 is 1.88 bits per heavy atom. The number of fused-ring (bicyclic) bond motifs is 1. The van der Waals surface area contributed by atoms with E-state index in [1.165, 1.54) is 4.90 Å². The molecular weight excluding hydrogens is 332 g/mol. The summed E-state index contributed by atoms with van der Waals surface area (Å²) >= 11 is 0. The van der Waals surface area contributed by atoms with Crippen LogP contribution < -0.4 is 14.4 Å². The molecule has 0 N–H and O–H groups in total. The van der Waals surface area contributed by atoms with Gasteiger partial charge in [0.2, 0.25) is 5.91 Å². The van der Waals surface area contributed by atoms with Gasteiger partial charge in [0.25, 0.3) is 5.91 Å². The van der Waals surface area contributed by atoms with Crippen LogP contribution in [0.2, 0.25) is 0 Å². The fourth-order valence-corrected chi connectivity index (χ4v) is 2.72. The lowest BCUT2D eigenvalue weighted by molar-refractivity contribution is -0.131. The van der Waals surface area contributed by atoms with Crippen molar-refractivity contribution in [3.8, 4) is 11.5 Å². The molecule has 0 fully saturated rings. The minimum Gasteiger partial charge on any atom is -0.494 e. The molecule has 0 atom stereocenters. The number of rotatable bonds is 7. The van der Waals surface area contributed by atoms with Gasteiger partial charge >= 0.3 is 0 Å². The minimum atomic E-state index is -0.210. The zero-order valence-electron chi connectivity index (χ0n) is 14.8. The van der Waals surface area contributed by atoms with E-state index in [2.05, 4.69) is 0 Å². The van der Waals surface area contributed by atoms with Gasteiger partial charge in [-0.05, 0) is 30.7 Å². The van der Waals surface area contributed by atoms with Gasteiger partial charge in [0.1, 0.15) is 18.0 Å². The van der Waals surface area contributed by atoms with Crippen molar-refractivity contribution in [2.45, 2.75) is 6.42 Å². The number of carbonyl (C=O) groups excluding carboxylic acids is 2. The van der Waals surface area contributed by atoms with Gasteiger partial charge in [-0.3, -0.25) is 14.5 Å². The molecule has 6 nitrogen and oxygen atoms in total. The highest BCUT2D eigenvalue weighted by molar-refractivity contribution is 6.02. The molecule has 0 aliphatic carbocycles. The van der Waals surface area contributed by atoms with Gasteiger partial charge < -0.3 is 14.4 Å². The maximum absolute atomic E-state index is 12.5. The van der Waals surface area contributed by atoms with E-state index in [9.17, 15) is 9.59 Å². The average molecular weight is 354 g/mol. The van der Waals surface area contributed by atoms with Crippen LogP contribution in [0.3, 0.4) is 0 Å². The number of likely N-dealkylation sites (N-methyl/N-ethyl adjacent to an activating group) is 1. The van der Waals surface area contributed by atoms with Crippen molar-refractivity contribution in [2.24, 2.45) is 0 Å². The summed E-state index contributed by atoms with van der Waals surface area (Å²) in [5.74, 6) is 1.11. The number of hydrogen-bond donors (Lipinski definition) is 0. The van der Waals surface area contributed by atoms with Crippen molar-refractivity contribution < 1.29 is 19.1 Å². The van der Waals surface area contributed by atoms with Crippen LogP contribution in [0.5, 0.6) is 11.5 Å². The lowest BCUT2D eigenvalue weighted by Crippen LogP contribution is -2.45. The van der Waals surface area contributed by atoms with Gasteiger partial charge in [-0.2, -0.15) is 0 Å². The summed E-state index contributed by atoms with van der Waals surface area (Å²) in [7, 11) is 1.74. The number of hydrogen-bond acceptors (Lipinski definition) is 4. The molecule has 2 aromatic carbocycles. The van der Waals surface area contributed by atoms with Crippen molar-refractivity contribution in [1.82, 2.24) is 4.90 Å². The number of anilines is 1. The van der Waals surface area contributed by atoms with E-state index in [1.54, 1.807) is 24.1 Å². The van der Waals surface area contributed by atoms with Crippen molar-refractivity contribution in [3.05, 3.63) is 54.6 Å². The fraction of sp³-hybridized carbons (Fsp3) is 0.300. The number of para-hydroxylation sites is 3. The third-order valence-electron chi connectivity index (χ3n) is 4.18. The molecule has 0 bridgehead atoms. The van der Waals surface area contributed by atoms with Gasteiger partial charge in [-0.1, -0.05) is 30.3 Å². The highest BCUT2D eigenvalue weighted by atomic mass is 16.5. The number of ether oxygens (including phenoxy) is 2. The van der Waals surface area contributed by atoms with Crippen LogP contribution in [0.25, 0.3) is 0 Å². The summed E-state index contributed by atoms with van der Waals surface area (Å²) < 4.78 is 11.0. The molecule has 136 valence electrons. The van der Waals surface area contributed by atoms with Crippen LogP contribution in [0.15, 0.2) is 54.6 Å². The molecule has 0 saturated heterocycles. The van der Waals surface area contributed by atoms with E-state index in [-0.39, 0.29) is 25.0 Å². The molecule has 2 aromatic rings. The quantitative estimate of drug-likeness (QED) is 0.716. The molecular formula is C20H22N2O4. The van der Waals surface area contributed by atoms with Gasteiger partial charge in [-0.15, -0.1) is 0 Å². The van der Waals surface area contributed by atoms with E-state index < -0.39 is 0 Å². The Morgan fingerprint density at radius 1 is 1.15 bits per heavy atom. The van der Waals surface area contributed by atoms with Gasteiger partial charge in [0.05, 0.1) is 12.3 Å². The number of benzene rings is 2. The van der Waals surface area contributed by atoms with E-state index >= 15 is 0 Å². The fourth-order valence-electron chi connectivity index (χ4n) is 2.72. The third kappa shape index (κ3) is 4.33. The van der Waals surface area contributed by atoms with Crippen LogP contribution in [-0.4, -0.2) is 50.1 Å². The molecule has 1 aliphatic rings. The van der Waals surface area contributed by atoms with Crippen LogP contribution in [0.4, 0.5) is 5.69 Å².